The molecule has 2 rings (SSSR count). The second-order valence-corrected chi connectivity index (χ2v) is 4.09. The molecule has 98 valence electrons. The number of carbonyl (C=O) groups is 1. The molecular weight excluding hydrogens is 236 g/mol. The fraction of sp³-hybridized carbons (Fsp3) is 0.118. The molecule has 0 saturated heterocycles. The maximum atomic E-state index is 9.86. The van der Waals surface area contributed by atoms with Crippen molar-refractivity contribution in [2.24, 2.45) is 0 Å². The summed E-state index contributed by atoms with van der Waals surface area (Å²) in [6.45, 7) is 6.99. The van der Waals surface area contributed by atoms with Crippen LogP contribution in [0.3, 0.4) is 0 Å². The highest BCUT2D eigenvalue weighted by atomic mass is 16.4. The van der Waals surface area contributed by atoms with Crippen molar-refractivity contribution < 1.29 is 9.90 Å². The molecule has 0 spiro atoms. The van der Waals surface area contributed by atoms with Crippen LogP contribution in [0.15, 0.2) is 60.7 Å². The van der Waals surface area contributed by atoms with E-state index < -0.39 is 5.97 Å². The van der Waals surface area contributed by atoms with Gasteiger partial charge in [-0.2, -0.15) is 0 Å². The Kier molecular flexibility index (Phi) is 5.55. The Labute approximate surface area is 113 Å². The fourth-order valence-electron chi connectivity index (χ4n) is 1.46. The van der Waals surface area contributed by atoms with Gasteiger partial charge in [0.15, 0.2) is 0 Å². The van der Waals surface area contributed by atoms with E-state index in [9.17, 15) is 4.79 Å². The van der Waals surface area contributed by atoms with Gasteiger partial charge in [0.1, 0.15) is 0 Å². The third kappa shape index (κ3) is 4.43. The molecule has 0 atom stereocenters. The molecule has 0 aromatic heterocycles. The lowest BCUT2D eigenvalue weighted by atomic mass is 10.1. The molecule has 2 aromatic rings. The second kappa shape index (κ2) is 7.17. The van der Waals surface area contributed by atoms with E-state index >= 15 is 0 Å². The number of fused-ring (bicyclic) bond motifs is 1. The molecule has 2 heteroatoms. The number of hydrogen-bond acceptors (Lipinski definition) is 1. The van der Waals surface area contributed by atoms with Crippen LogP contribution in [-0.4, -0.2) is 11.1 Å². The number of carboxylic acids is 1. The summed E-state index contributed by atoms with van der Waals surface area (Å²) in [6, 6.07) is 14.7. The summed E-state index contributed by atoms with van der Waals surface area (Å²) in [7, 11) is 0. The van der Waals surface area contributed by atoms with Crippen LogP contribution < -0.4 is 0 Å². The standard InChI is InChI=1S/C12H10.C5H8O2/c1-2-10-7-8-11-5-3-4-6-12(11)9-10;1-3-4(2)5(6)7/h2-9H,1H2;3H,1-2H3,(H,6,7). The predicted octanol–water partition coefficient (Wildman–Crippen LogP) is 4.52. The zero-order valence-corrected chi connectivity index (χ0v) is 11.3. The van der Waals surface area contributed by atoms with Gasteiger partial charge in [-0.05, 0) is 36.2 Å². The summed E-state index contributed by atoms with van der Waals surface area (Å²) in [5.41, 5.74) is 1.56. The summed E-state index contributed by atoms with van der Waals surface area (Å²) < 4.78 is 0. The van der Waals surface area contributed by atoms with E-state index in [0.717, 1.165) is 0 Å². The van der Waals surface area contributed by atoms with Crippen molar-refractivity contribution in [1.82, 2.24) is 0 Å². The van der Waals surface area contributed by atoms with Gasteiger partial charge in [0, 0.05) is 5.57 Å². The highest BCUT2D eigenvalue weighted by Gasteiger charge is 1.93. The van der Waals surface area contributed by atoms with E-state index in [1.807, 2.05) is 6.08 Å². The van der Waals surface area contributed by atoms with Gasteiger partial charge in [-0.25, -0.2) is 4.79 Å². The molecule has 19 heavy (non-hydrogen) atoms. The van der Waals surface area contributed by atoms with E-state index in [1.165, 1.54) is 16.3 Å². The fourth-order valence-corrected chi connectivity index (χ4v) is 1.46. The van der Waals surface area contributed by atoms with Gasteiger partial charge in [0.2, 0.25) is 0 Å². The highest BCUT2D eigenvalue weighted by molar-refractivity contribution is 5.85. The van der Waals surface area contributed by atoms with Gasteiger partial charge in [0.25, 0.3) is 0 Å². The molecule has 0 saturated carbocycles. The molecule has 0 amide bonds. The zero-order valence-electron chi connectivity index (χ0n) is 11.3. The maximum Gasteiger partial charge on any atom is 0.330 e. The minimum absolute atomic E-state index is 0.389. The topological polar surface area (TPSA) is 37.3 Å². The van der Waals surface area contributed by atoms with Crippen molar-refractivity contribution in [1.29, 1.82) is 0 Å². The molecule has 0 bridgehead atoms. The molecule has 0 heterocycles. The van der Waals surface area contributed by atoms with E-state index in [2.05, 4.69) is 49.0 Å². The molecule has 0 aliphatic heterocycles. The normalized spacial score (nSPS) is 10.5. The number of carboxylic acid groups (broad SMARTS) is 1. The molecular formula is C17H18O2. The third-order valence-corrected chi connectivity index (χ3v) is 2.78. The molecule has 2 aromatic carbocycles. The summed E-state index contributed by atoms with van der Waals surface area (Å²) in [6.07, 6.45) is 3.43. The van der Waals surface area contributed by atoms with Gasteiger partial charge in [0.05, 0.1) is 0 Å². The quantitative estimate of drug-likeness (QED) is 0.800. The first-order valence-corrected chi connectivity index (χ1v) is 6.06. The van der Waals surface area contributed by atoms with Crippen LogP contribution in [-0.2, 0) is 4.79 Å². The summed E-state index contributed by atoms with van der Waals surface area (Å²) in [5, 5.41) is 10.7. The Morgan fingerprint density at radius 1 is 1.16 bits per heavy atom. The first kappa shape index (κ1) is 14.7. The van der Waals surface area contributed by atoms with Crippen LogP contribution in [0.2, 0.25) is 0 Å². The Morgan fingerprint density at radius 3 is 2.26 bits per heavy atom. The molecule has 2 nitrogen and oxygen atoms in total. The van der Waals surface area contributed by atoms with Crippen LogP contribution in [0.25, 0.3) is 16.8 Å². The summed E-state index contributed by atoms with van der Waals surface area (Å²) >= 11 is 0. The first-order chi connectivity index (χ1) is 9.08. The van der Waals surface area contributed by atoms with Crippen molar-refractivity contribution in [3.05, 3.63) is 66.3 Å². The summed E-state index contributed by atoms with van der Waals surface area (Å²) in [5.74, 6) is -0.845. The minimum atomic E-state index is -0.845. The Bertz CT molecular complexity index is 609. The number of aliphatic carboxylic acids is 1. The van der Waals surface area contributed by atoms with Crippen LogP contribution in [0.5, 0.6) is 0 Å². The zero-order chi connectivity index (χ0) is 14.3. The smallest absolute Gasteiger partial charge is 0.330 e. The lowest BCUT2D eigenvalue weighted by molar-refractivity contribution is -0.132. The van der Waals surface area contributed by atoms with Crippen molar-refractivity contribution in [2.45, 2.75) is 13.8 Å². The number of allylic oxidation sites excluding steroid dienone is 1. The molecule has 0 unspecified atom stereocenters. The van der Waals surface area contributed by atoms with Crippen molar-refractivity contribution in [2.75, 3.05) is 0 Å². The largest absolute Gasteiger partial charge is 0.478 e. The van der Waals surface area contributed by atoms with E-state index in [0.29, 0.717) is 5.57 Å². The third-order valence-electron chi connectivity index (χ3n) is 2.78. The van der Waals surface area contributed by atoms with E-state index in [-0.39, 0.29) is 0 Å². The average molecular weight is 254 g/mol. The van der Waals surface area contributed by atoms with Gasteiger partial charge in [-0.3, -0.25) is 0 Å². The SMILES string of the molecule is C=Cc1ccc2ccccc2c1.CC=C(C)C(=O)O. The maximum absolute atomic E-state index is 9.86. The molecule has 1 N–H and O–H groups in total. The van der Waals surface area contributed by atoms with Crippen LogP contribution >= 0.6 is 0 Å². The first-order valence-electron chi connectivity index (χ1n) is 6.06. The van der Waals surface area contributed by atoms with Gasteiger partial charge < -0.3 is 5.11 Å². The lowest BCUT2D eigenvalue weighted by Crippen LogP contribution is -1.93. The van der Waals surface area contributed by atoms with Crippen molar-refractivity contribution in [3.8, 4) is 0 Å². The van der Waals surface area contributed by atoms with E-state index in [1.54, 1.807) is 19.9 Å². The van der Waals surface area contributed by atoms with Gasteiger partial charge in [-0.1, -0.05) is 55.1 Å². The molecule has 0 radical (unpaired) electrons. The number of rotatable bonds is 2. The Hall–Kier alpha value is -2.35. The minimum Gasteiger partial charge on any atom is -0.478 e. The van der Waals surface area contributed by atoms with Gasteiger partial charge >= 0.3 is 5.97 Å². The van der Waals surface area contributed by atoms with Crippen LogP contribution in [0.4, 0.5) is 0 Å². The van der Waals surface area contributed by atoms with Gasteiger partial charge in [-0.15, -0.1) is 0 Å². The predicted molar refractivity (Wildman–Crippen MR) is 81.1 cm³/mol. The van der Waals surface area contributed by atoms with Crippen LogP contribution in [0.1, 0.15) is 19.4 Å². The van der Waals surface area contributed by atoms with Crippen molar-refractivity contribution >= 4 is 22.8 Å². The Morgan fingerprint density at radius 2 is 1.79 bits per heavy atom. The molecule has 0 aliphatic carbocycles. The van der Waals surface area contributed by atoms with E-state index in [4.69, 9.17) is 5.11 Å². The average Bonchev–Trinajstić information content (AvgIpc) is 2.46. The second-order valence-electron chi connectivity index (χ2n) is 4.09. The monoisotopic (exact) mass is 254 g/mol. The van der Waals surface area contributed by atoms with Crippen LogP contribution in [0, 0.1) is 0 Å². The molecule has 0 fully saturated rings. The van der Waals surface area contributed by atoms with Crippen molar-refractivity contribution in [3.63, 3.8) is 0 Å². The number of hydrogen-bond donors (Lipinski definition) is 1. The summed E-state index contributed by atoms with van der Waals surface area (Å²) in [4.78, 5) is 9.86. The highest BCUT2D eigenvalue weighted by Crippen LogP contribution is 2.15. The molecule has 0 aliphatic rings. The Balaban J connectivity index is 0.000000224. The lowest BCUT2D eigenvalue weighted by Gasteiger charge is -1.97. The number of benzene rings is 2.